The van der Waals surface area contributed by atoms with E-state index in [-0.39, 0.29) is 17.0 Å². The second-order valence-electron chi connectivity index (χ2n) is 9.63. The Balaban J connectivity index is 1.97. The largest absolute Gasteiger partial charge is 0.543 e. The van der Waals surface area contributed by atoms with Crippen LogP contribution in [-0.2, 0) is 4.79 Å². The minimum atomic E-state index is -1.95. The van der Waals surface area contributed by atoms with Gasteiger partial charge < -0.3 is 9.16 Å². The van der Waals surface area contributed by atoms with Gasteiger partial charge in [0.1, 0.15) is 11.5 Å². The minimum Gasteiger partial charge on any atom is -0.543 e. The van der Waals surface area contributed by atoms with Crippen LogP contribution in [0.15, 0.2) is 48.6 Å². The van der Waals surface area contributed by atoms with Gasteiger partial charge in [-0.05, 0) is 66.9 Å². The maximum Gasteiger partial charge on any atom is 0.256 e. The zero-order valence-electron chi connectivity index (χ0n) is 19.4. The Bertz CT molecular complexity index is 1000. The van der Waals surface area contributed by atoms with E-state index in [1.165, 1.54) is 0 Å². The van der Waals surface area contributed by atoms with Gasteiger partial charge in [-0.25, -0.2) is 0 Å². The first-order valence-electron chi connectivity index (χ1n) is 10.3. The summed E-state index contributed by atoms with van der Waals surface area (Å²) in [7, 11) is -0.298. The standard InChI is InChI=1S/C25H33NO3Si/c1-16-13-20(15-22(28-7)17(16)2)26-23(18(3)24(26)27)19-11-10-12-21(14-19)29-30(8,9)25(4,5)6/h10-15,23H,3H2,1-2,4-9H3/t23-/m1/s1. The molecule has 0 radical (unpaired) electrons. The van der Waals surface area contributed by atoms with Crippen LogP contribution in [0.4, 0.5) is 5.69 Å². The van der Waals surface area contributed by atoms with Crippen LogP contribution < -0.4 is 14.1 Å². The predicted molar refractivity (Wildman–Crippen MR) is 126 cm³/mol. The molecule has 4 nitrogen and oxygen atoms in total. The molecular weight excluding hydrogens is 390 g/mol. The Hall–Kier alpha value is -2.53. The highest BCUT2D eigenvalue weighted by molar-refractivity contribution is 6.74. The van der Waals surface area contributed by atoms with Crippen LogP contribution in [0.25, 0.3) is 0 Å². The molecular formula is C25H33NO3Si. The summed E-state index contributed by atoms with van der Waals surface area (Å²) >= 11 is 0. The lowest BCUT2D eigenvalue weighted by molar-refractivity contribution is -0.118. The molecule has 30 heavy (non-hydrogen) atoms. The summed E-state index contributed by atoms with van der Waals surface area (Å²) in [5, 5.41) is 0.112. The number of methoxy groups -OCH3 is 1. The number of ether oxygens (including phenoxy) is 1. The van der Waals surface area contributed by atoms with Crippen molar-refractivity contribution in [2.45, 2.75) is 58.8 Å². The molecule has 5 heteroatoms. The van der Waals surface area contributed by atoms with Crippen LogP contribution in [-0.4, -0.2) is 21.3 Å². The molecule has 1 aliphatic heterocycles. The third-order valence-corrected chi connectivity index (χ3v) is 10.9. The molecule has 0 aromatic heterocycles. The van der Waals surface area contributed by atoms with Gasteiger partial charge in [0, 0.05) is 17.3 Å². The molecule has 0 bridgehead atoms. The predicted octanol–water partition coefficient (Wildman–Crippen LogP) is 6.34. The Morgan fingerprint density at radius 3 is 2.37 bits per heavy atom. The molecule has 1 heterocycles. The molecule has 0 N–H and O–H groups in total. The van der Waals surface area contributed by atoms with E-state index in [4.69, 9.17) is 9.16 Å². The number of hydrogen-bond acceptors (Lipinski definition) is 3. The number of β-lactam (4-membered cyclic amide) rings is 1. The number of benzene rings is 2. The molecule has 0 saturated carbocycles. The second kappa shape index (κ2) is 7.62. The average Bonchev–Trinajstić information content (AvgIpc) is 2.66. The van der Waals surface area contributed by atoms with Gasteiger partial charge >= 0.3 is 0 Å². The molecule has 2 aromatic carbocycles. The van der Waals surface area contributed by atoms with Gasteiger partial charge in [-0.3, -0.25) is 9.69 Å². The molecule has 3 rings (SSSR count). The van der Waals surface area contributed by atoms with Crippen LogP contribution in [0, 0.1) is 13.8 Å². The number of nitrogens with zero attached hydrogens (tertiary/aromatic N) is 1. The van der Waals surface area contributed by atoms with E-state index in [1.54, 1.807) is 12.0 Å². The molecule has 2 aromatic rings. The third-order valence-electron chi connectivity index (χ3n) is 6.54. The summed E-state index contributed by atoms with van der Waals surface area (Å²) in [5.41, 5.74) is 4.59. The molecule has 1 atom stereocenters. The Morgan fingerprint density at radius 2 is 1.77 bits per heavy atom. The molecule has 1 fully saturated rings. The Kier molecular flexibility index (Phi) is 5.63. The lowest BCUT2D eigenvalue weighted by Crippen LogP contribution is -2.49. The van der Waals surface area contributed by atoms with Crippen molar-refractivity contribution in [1.29, 1.82) is 0 Å². The van der Waals surface area contributed by atoms with Crippen molar-refractivity contribution in [2.24, 2.45) is 0 Å². The van der Waals surface area contributed by atoms with Gasteiger partial charge in [-0.2, -0.15) is 0 Å². The lowest BCUT2D eigenvalue weighted by atomic mass is 9.88. The maximum absolute atomic E-state index is 12.7. The van der Waals surface area contributed by atoms with E-state index < -0.39 is 8.32 Å². The molecule has 1 aliphatic rings. The number of anilines is 1. The molecule has 160 valence electrons. The average molecular weight is 424 g/mol. The summed E-state index contributed by atoms with van der Waals surface area (Å²) in [6, 6.07) is 11.8. The van der Waals surface area contributed by atoms with E-state index in [0.717, 1.165) is 33.9 Å². The monoisotopic (exact) mass is 423 g/mol. The third kappa shape index (κ3) is 3.78. The highest BCUT2D eigenvalue weighted by Gasteiger charge is 2.43. The zero-order valence-corrected chi connectivity index (χ0v) is 20.4. The van der Waals surface area contributed by atoms with E-state index in [9.17, 15) is 4.79 Å². The Labute approximate surface area is 181 Å². The van der Waals surface area contributed by atoms with E-state index in [0.29, 0.717) is 5.57 Å². The fraction of sp³-hybridized carbons (Fsp3) is 0.400. The SMILES string of the molecule is C=C1C(=O)N(c2cc(C)c(C)c(OC)c2)[C@H]1c1cccc(O[Si](C)(C)C(C)(C)C)c1. The highest BCUT2D eigenvalue weighted by Crippen LogP contribution is 2.45. The van der Waals surface area contributed by atoms with Gasteiger partial charge in [0.05, 0.1) is 13.2 Å². The summed E-state index contributed by atoms with van der Waals surface area (Å²) < 4.78 is 12.0. The molecule has 1 amide bonds. The fourth-order valence-corrected chi connectivity index (χ4v) is 4.47. The van der Waals surface area contributed by atoms with Crippen LogP contribution in [0.3, 0.4) is 0 Å². The van der Waals surface area contributed by atoms with Crippen LogP contribution in [0.5, 0.6) is 11.5 Å². The maximum atomic E-state index is 12.7. The van der Waals surface area contributed by atoms with Crippen molar-refractivity contribution in [3.8, 4) is 11.5 Å². The number of aryl methyl sites for hydroxylation is 1. The number of carbonyl (C=O) groups excluding carboxylic acids is 1. The van der Waals surface area contributed by atoms with Crippen LogP contribution in [0.1, 0.15) is 43.5 Å². The highest BCUT2D eigenvalue weighted by atomic mass is 28.4. The van der Waals surface area contributed by atoms with Crippen molar-refractivity contribution in [2.75, 3.05) is 12.0 Å². The first-order chi connectivity index (χ1) is 13.9. The van der Waals surface area contributed by atoms with Crippen molar-refractivity contribution in [3.63, 3.8) is 0 Å². The summed E-state index contributed by atoms with van der Waals surface area (Å²) in [4.78, 5) is 14.5. The molecule has 1 saturated heterocycles. The zero-order chi connectivity index (χ0) is 22.4. The van der Waals surface area contributed by atoms with Crippen molar-refractivity contribution >= 4 is 19.9 Å². The molecule has 0 unspecified atom stereocenters. The number of rotatable bonds is 5. The van der Waals surface area contributed by atoms with Crippen molar-refractivity contribution in [1.82, 2.24) is 0 Å². The second-order valence-corrected chi connectivity index (χ2v) is 14.4. The number of hydrogen-bond donors (Lipinski definition) is 0. The van der Waals surface area contributed by atoms with Crippen molar-refractivity contribution in [3.05, 3.63) is 65.2 Å². The first kappa shape index (κ1) is 22.2. The summed E-state index contributed by atoms with van der Waals surface area (Å²) in [5.74, 6) is 1.58. The van der Waals surface area contributed by atoms with E-state index in [1.807, 2.05) is 50.2 Å². The number of amides is 1. The Morgan fingerprint density at radius 1 is 1.10 bits per heavy atom. The lowest BCUT2D eigenvalue weighted by Gasteiger charge is -2.43. The minimum absolute atomic E-state index is 0.0546. The smallest absolute Gasteiger partial charge is 0.256 e. The van der Waals surface area contributed by atoms with Gasteiger partial charge in [0.25, 0.3) is 5.91 Å². The topological polar surface area (TPSA) is 38.8 Å². The first-order valence-corrected chi connectivity index (χ1v) is 13.2. The van der Waals surface area contributed by atoms with Gasteiger partial charge in [0.15, 0.2) is 0 Å². The number of carbonyl (C=O) groups is 1. The van der Waals surface area contributed by atoms with Gasteiger partial charge in [0.2, 0.25) is 8.32 Å². The normalized spacial score (nSPS) is 17.1. The van der Waals surface area contributed by atoms with Gasteiger partial charge in [-0.1, -0.05) is 39.5 Å². The van der Waals surface area contributed by atoms with Gasteiger partial charge in [-0.15, -0.1) is 0 Å². The quantitative estimate of drug-likeness (QED) is 0.320. The van der Waals surface area contributed by atoms with Crippen LogP contribution >= 0.6 is 0 Å². The summed E-state index contributed by atoms with van der Waals surface area (Å²) in [6.45, 7) is 19.2. The molecule has 0 aliphatic carbocycles. The fourth-order valence-electron chi connectivity index (χ4n) is 3.45. The van der Waals surface area contributed by atoms with E-state index >= 15 is 0 Å². The molecule has 0 spiro atoms. The van der Waals surface area contributed by atoms with Crippen LogP contribution in [0.2, 0.25) is 18.1 Å². The van der Waals surface area contributed by atoms with Crippen molar-refractivity contribution < 1.29 is 14.0 Å². The summed E-state index contributed by atoms with van der Waals surface area (Å²) in [6.07, 6.45) is 0. The van der Waals surface area contributed by atoms with E-state index in [2.05, 4.69) is 40.4 Å².